The van der Waals surface area contributed by atoms with Crippen LogP contribution in [0.25, 0.3) is 32.3 Å². The number of hydrogen-bond acceptors (Lipinski definition) is 0. The number of rotatable bonds is 4. The molecule has 0 bridgehead atoms. The Balaban J connectivity index is 0.000000147. The van der Waals surface area contributed by atoms with Crippen LogP contribution in [-0.4, -0.2) is 6.15 Å². The molecular weight excluding hydrogens is 712 g/mol. The first-order chi connectivity index (χ1) is 24.9. The van der Waals surface area contributed by atoms with E-state index in [-0.39, 0.29) is 19.5 Å². The van der Waals surface area contributed by atoms with E-state index < -0.39 is 6.15 Å². The van der Waals surface area contributed by atoms with Crippen LogP contribution in [0.4, 0.5) is 0 Å². The second-order valence-electron chi connectivity index (χ2n) is 13.9. The quantitative estimate of drug-likeness (QED) is 0.0953. The minimum Gasteiger partial charge on any atom is -0.196 e. The summed E-state index contributed by atoms with van der Waals surface area (Å²) in [5.41, 5.74) is 12.7. The van der Waals surface area contributed by atoms with Crippen molar-refractivity contribution in [3.8, 4) is 0 Å². The molecule has 52 heavy (non-hydrogen) atoms. The van der Waals surface area contributed by atoms with Crippen molar-refractivity contribution in [2.75, 3.05) is 0 Å². The third kappa shape index (κ3) is 6.77. The molecule has 9 aromatic carbocycles. The van der Waals surface area contributed by atoms with Crippen LogP contribution in [0, 0.1) is 34.6 Å². The van der Waals surface area contributed by atoms with Gasteiger partial charge >= 0.3 is 19.5 Å². The fourth-order valence-corrected chi connectivity index (χ4v) is 8.20. The summed E-state index contributed by atoms with van der Waals surface area (Å²) in [5, 5.41) is 8.14. The van der Waals surface area contributed by atoms with Crippen molar-refractivity contribution < 1.29 is 19.5 Å². The maximum atomic E-state index is 2.26. The van der Waals surface area contributed by atoms with E-state index in [1.165, 1.54) is 82.0 Å². The van der Waals surface area contributed by atoms with Crippen LogP contribution in [0.1, 0.15) is 27.8 Å². The van der Waals surface area contributed by atoms with Crippen molar-refractivity contribution in [2.24, 2.45) is 0 Å². The Kier molecular flexibility index (Phi) is 11.3. The monoisotopic (exact) mass is 758 g/mol. The molecule has 0 unspecified atom stereocenters. The van der Waals surface area contributed by atoms with Gasteiger partial charge in [0.15, 0.2) is 0 Å². The van der Waals surface area contributed by atoms with Crippen molar-refractivity contribution in [1.82, 2.24) is 0 Å². The first kappa shape index (κ1) is 36.6. The summed E-state index contributed by atoms with van der Waals surface area (Å²) in [6.45, 7) is 11.0. The molecule has 0 saturated carbocycles. The van der Waals surface area contributed by atoms with Gasteiger partial charge in [0.05, 0.1) is 0 Å². The second kappa shape index (κ2) is 16.0. The summed E-state index contributed by atoms with van der Waals surface area (Å²) in [5.74, 6) is 0. The number of benzene rings is 8. The molecule has 0 aliphatic carbocycles. The molecule has 0 fully saturated rings. The van der Waals surface area contributed by atoms with Gasteiger partial charge in [0.25, 0.3) is 0 Å². The third-order valence-electron chi connectivity index (χ3n) is 11.4. The second-order valence-corrected chi connectivity index (χ2v) is 13.9. The molecule has 0 saturated heterocycles. The van der Waals surface area contributed by atoms with Crippen LogP contribution in [0.2, 0.25) is 0 Å². The summed E-state index contributed by atoms with van der Waals surface area (Å²) in [6.07, 6.45) is -1.22. The zero-order valence-electron chi connectivity index (χ0n) is 30.8. The van der Waals surface area contributed by atoms with Gasteiger partial charge in [-0.15, -0.1) is 0 Å². The van der Waals surface area contributed by atoms with Crippen molar-refractivity contribution in [3.05, 3.63) is 210 Å². The molecule has 0 aromatic heterocycles. The van der Waals surface area contributed by atoms with E-state index in [4.69, 9.17) is 0 Å². The predicted octanol–water partition coefficient (Wildman–Crippen LogP) is 10.6. The van der Waals surface area contributed by atoms with Crippen LogP contribution < -0.4 is 21.9 Å². The summed E-state index contributed by atoms with van der Waals surface area (Å²) in [6, 6.07) is 65.4. The first-order valence-corrected chi connectivity index (χ1v) is 18.1. The van der Waals surface area contributed by atoms with Crippen LogP contribution >= 0.6 is 0 Å². The van der Waals surface area contributed by atoms with Gasteiger partial charge in [-0.3, -0.25) is 0 Å². The predicted molar refractivity (Wildman–Crippen MR) is 226 cm³/mol. The van der Waals surface area contributed by atoms with Crippen LogP contribution in [-0.2, 0) is 19.5 Å². The first-order valence-electron chi connectivity index (χ1n) is 18.1. The Hall–Kier alpha value is -5.16. The van der Waals surface area contributed by atoms with Crippen LogP contribution in [0.5, 0.6) is 0 Å². The van der Waals surface area contributed by atoms with Gasteiger partial charge in [-0.25, -0.2) is 0 Å². The van der Waals surface area contributed by atoms with Crippen LogP contribution in [0.3, 0.4) is 0 Å². The van der Waals surface area contributed by atoms with Gasteiger partial charge in [-0.1, -0.05) is 217 Å². The van der Waals surface area contributed by atoms with Crippen molar-refractivity contribution in [2.45, 2.75) is 34.6 Å². The molecule has 9 aromatic rings. The van der Waals surface area contributed by atoms with Crippen molar-refractivity contribution >= 4 is 60.3 Å². The standard InChI is InChI=1S/C24H20B.C16H10.C10H15.Ru/c1-5-13-21(14-6-1)25(22-15-7-2-8-16-22,23-17-9-3-10-18-23)24-19-11-4-12-20-24;1-3-11-7-9-13-5-2-6-14-10-8-12(4-1)15(11)16(13)14;1-6-7(2)9(4)10(5)8(6)3;/h1-20H;1-10H;1-5H3;/q-1;;-1;+1. The fraction of sp³-hybridized carbons (Fsp3) is 0.100. The smallest absolute Gasteiger partial charge is 0.196 e. The molecule has 0 heterocycles. The van der Waals surface area contributed by atoms with Crippen LogP contribution in [0.15, 0.2) is 182 Å². The molecule has 0 nitrogen and oxygen atoms in total. The Morgan fingerprint density at radius 3 is 0.788 bits per heavy atom. The maximum Gasteiger partial charge on any atom is 1.00 e. The summed E-state index contributed by atoms with van der Waals surface area (Å²) >= 11 is 0. The molecule has 0 spiro atoms. The average molecular weight is 758 g/mol. The largest absolute Gasteiger partial charge is 1.00 e. The van der Waals surface area contributed by atoms with Gasteiger partial charge in [0.1, 0.15) is 6.15 Å². The fourth-order valence-electron chi connectivity index (χ4n) is 8.20. The molecule has 0 aliphatic rings. The summed E-state index contributed by atoms with van der Waals surface area (Å²) in [7, 11) is 0. The Bertz CT molecular complexity index is 2120. The van der Waals surface area contributed by atoms with E-state index in [2.05, 4.69) is 217 Å². The molecule has 0 aliphatic heterocycles. The zero-order valence-corrected chi connectivity index (χ0v) is 32.5. The van der Waals surface area contributed by atoms with E-state index in [1.54, 1.807) is 0 Å². The topological polar surface area (TPSA) is 0 Å². The summed E-state index contributed by atoms with van der Waals surface area (Å²) in [4.78, 5) is 0. The molecule has 0 N–H and O–H groups in total. The van der Waals surface area contributed by atoms with Crippen molar-refractivity contribution in [1.29, 1.82) is 0 Å². The third-order valence-corrected chi connectivity index (χ3v) is 11.4. The molecular formula is C50H45BRu-. The van der Waals surface area contributed by atoms with E-state index in [9.17, 15) is 0 Å². The zero-order chi connectivity index (χ0) is 35.4. The van der Waals surface area contributed by atoms with E-state index in [0.717, 1.165) is 0 Å². The molecule has 0 amide bonds. The Labute approximate surface area is 322 Å². The Morgan fingerprint density at radius 2 is 0.577 bits per heavy atom. The van der Waals surface area contributed by atoms with Gasteiger partial charge in [0, 0.05) is 0 Å². The van der Waals surface area contributed by atoms with Gasteiger partial charge in [-0.2, -0.15) is 49.7 Å². The minimum absolute atomic E-state index is 0. The van der Waals surface area contributed by atoms with E-state index in [0.29, 0.717) is 0 Å². The molecule has 257 valence electrons. The SMILES string of the molecule is Cc1c(C)c(C)[c-](C)c1C.[Ru+].c1cc2ccc3cccc4ccc(c1)c2c34.c1ccc([B-](c2ccccc2)(c2ccccc2)c2ccccc2)cc1. The van der Waals surface area contributed by atoms with Gasteiger partial charge in [0.2, 0.25) is 0 Å². The molecule has 0 atom stereocenters. The molecule has 9 rings (SSSR count). The van der Waals surface area contributed by atoms with E-state index in [1.807, 2.05) is 0 Å². The maximum absolute atomic E-state index is 2.26. The van der Waals surface area contributed by atoms with Gasteiger partial charge in [-0.05, 0) is 32.3 Å². The molecule has 1 radical (unpaired) electrons. The van der Waals surface area contributed by atoms with Gasteiger partial charge < -0.3 is 0 Å². The van der Waals surface area contributed by atoms with Crippen molar-refractivity contribution in [3.63, 3.8) is 0 Å². The normalized spacial score (nSPS) is 11.0. The molecule has 2 heteroatoms. The average Bonchev–Trinajstić information content (AvgIpc) is 3.37. The Morgan fingerprint density at radius 1 is 0.327 bits per heavy atom. The minimum atomic E-state index is -1.22. The number of hydrogen-bond donors (Lipinski definition) is 0. The summed E-state index contributed by atoms with van der Waals surface area (Å²) < 4.78 is 0. The van der Waals surface area contributed by atoms with E-state index >= 15 is 0 Å².